The van der Waals surface area contributed by atoms with Gasteiger partial charge in [0.2, 0.25) is 15.9 Å². The molecule has 0 aliphatic rings. The number of hydrogen-bond donors (Lipinski definition) is 3. The summed E-state index contributed by atoms with van der Waals surface area (Å²) in [4.78, 5) is 10.4. The van der Waals surface area contributed by atoms with E-state index < -0.39 is 28.6 Å². The van der Waals surface area contributed by atoms with Gasteiger partial charge in [0.05, 0.1) is 6.20 Å². The average Bonchev–Trinajstić information content (AvgIpc) is 2.61. The van der Waals surface area contributed by atoms with Crippen molar-refractivity contribution in [3.8, 4) is 0 Å². The fourth-order valence-electron chi connectivity index (χ4n) is 0.910. The Morgan fingerprint density at radius 3 is 2.81 bits per heavy atom. The Morgan fingerprint density at radius 1 is 1.75 bits per heavy atom. The molecule has 0 aliphatic carbocycles. The Morgan fingerprint density at radius 2 is 2.38 bits per heavy atom. The SMILES string of the molecule is Cn1cc(S(=O)(=O)NCC(O)C(N)=O)cn1. The largest absolute Gasteiger partial charge is 0.382 e. The molecule has 16 heavy (non-hydrogen) atoms. The third-order valence-corrected chi connectivity index (χ3v) is 3.16. The van der Waals surface area contributed by atoms with Crippen molar-refractivity contribution >= 4 is 15.9 Å². The molecule has 9 heteroatoms. The summed E-state index contributed by atoms with van der Waals surface area (Å²) < 4.78 is 26.4. The third kappa shape index (κ3) is 3.02. The van der Waals surface area contributed by atoms with Crippen LogP contribution in [0.15, 0.2) is 17.3 Å². The van der Waals surface area contributed by atoms with E-state index >= 15 is 0 Å². The zero-order chi connectivity index (χ0) is 12.3. The van der Waals surface area contributed by atoms with Crippen molar-refractivity contribution in [3.63, 3.8) is 0 Å². The summed E-state index contributed by atoms with van der Waals surface area (Å²) in [7, 11) is -2.20. The molecular formula is C7H12N4O4S. The second-order valence-corrected chi connectivity index (χ2v) is 4.89. The van der Waals surface area contributed by atoms with E-state index in [1.165, 1.54) is 10.9 Å². The van der Waals surface area contributed by atoms with Crippen LogP contribution in [-0.4, -0.2) is 41.9 Å². The molecule has 0 fully saturated rings. The molecule has 8 nitrogen and oxygen atoms in total. The molecule has 1 atom stereocenters. The van der Waals surface area contributed by atoms with Gasteiger partial charge in [-0.3, -0.25) is 9.48 Å². The van der Waals surface area contributed by atoms with Crippen LogP contribution in [0.2, 0.25) is 0 Å². The first kappa shape index (κ1) is 12.6. The topological polar surface area (TPSA) is 127 Å². The summed E-state index contributed by atoms with van der Waals surface area (Å²) in [6.45, 7) is -0.466. The Balaban J connectivity index is 2.70. The van der Waals surface area contributed by atoms with Crippen molar-refractivity contribution in [3.05, 3.63) is 12.4 Å². The predicted molar refractivity (Wildman–Crippen MR) is 53.6 cm³/mol. The van der Waals surface area contributed by atoms with Crippen molar-refractivity contribution in [2.24, 2.45) is 12.8 Å². The molecule has 1 amide bonds. The average molecular weight is 248 g/mol. The molecule has 0 aliphatic heterocycles. The molecule has 1 rings (SSSR count). The van der Waals surface area contributed by atoms with Gasteiger partial charge >= 0.3 is 0 Å². The van der Waals surface area contributed by atoms with E-state index in [1.807, 2.05) is 4.72 Å². The highest BCUT2D eigenvalue weighted by atomic mass is 32.2. The molecule has 0 bridgehead atoms. The number of rotatable bonds is 5. The number of primary amides is 1. The lowest BCUT2D eigenvalue weighted by Crippen LogP contribution is -2.39. The van der Waals surface area contributed by atoms with Gasteiger partial charge in [0.15, 0.2) is 0 Å². The highest BCUT2D eigenvalue weighted by Gasteiger charge is 2.19. The minimum atomic E-state index is -3.77. The first-order chi connectivity index (χ1) is 7.33. The minimum Gasteiger partial charge on any atom is -0.382 e. The molecule has 1 aromatic rings. The monoisotopic (exact) mass is 248 g/mol. The zero-order valence-corrected chi connectivity index (χ0v) is 9.31. The van der Waals surface area contributed by atoms with Crippen LogP contribution in [0, 0.1) is 0 Å². The first-order valence-corrected chi connectivity index (χ1v) is 5.77. The molecule has 1 aromatic heterocycles. The standard InChI is InChI=1S/C7H12N4O4S/c1-11-4-5(2-9-11)16(14,15)10-3-6(12)7(8)13/h2,4,6,10,12H,3H2,1H3,(H2,8,13). The number of aliphatic hydroxyl groups is 1. The molecule has 0 saturated heterocycles. The highest BCUT2D eigenvalue weighted by molar-refractivity contribution is 7.89. The van der Waals surface area contributed by atoms with Gasteiger partial charge in [-0.05, 0) is 0 Å². The van der Waals surface area contributed by atoms with E-state index in [2.05, 4.69) is 5.10 Å². The number of hydrogen-bond acceptors (Lipinski definition) is 5. The predicted octanol–water partition coefficient (Wildman–Crippen LogP) is -2.46. The number of carbonyl (C=O) groups is 1. The van der Waals surface area contributed by atoms with Gasteiger partial charge in [0, 0.05) is 19.8 Å². The molecule has 90 valence electrons. The minimum absolute atomic E-state index is 0.0494. The number of aryl methyl sites for hydroxylation is 1. The Bertz CT molecular complexity index is 480. The summed E-state index contributed by atoms with van der Waals surface area (Å²) in [6, 6.07) is 0. The Hall–Kier alpha value is -1.45. The van der Waals surface area contributed by atoms with E-state index in [-0.39, 0.29) is 4.90 Å². The summed E-state index contributed by atoms with van der Waals surface area (Å²) in [5, 5.41) is 12.7. The number of sulfonamides is 1. The van der Waals surface area contributed by atoms with Gasteiger partial charge in [0.25, 0.3) is 0 Å². The lowest BCUT2D eigenvalue weighted by molar-refractivity contribution is -0.125. The normalized spacial score (nSPS) is 13.6. The summed E-state index contributed by atoms with van der Waals surface area (Å²) in [5.41, 5.74) is 4.77. The van der Waals surface area contributed by atoms with Gasteiger partial charge in [0.1, 0.15) is 11.0 Å². The number of carbonyl (C=O) groups excluding carboxylic acids is 1. The number of amides is 1. The molecule has 1 heterocycles. The van der Waals surface area contributed by atoms with E-state index in [1.54, 1.807) is 7.05 Å². The van der Waals surface area contributed by atoms with Crippen LogP contribution in [0.25, 0.3) is 0 Å². The van der Waals surface area contributed by atoms with Crippen LogP contribution >= 0.6 is 0 Å². The quantitative estimate of drug-likeness (QED) is 0.532. The van der Waals surface area contributed by atoms with Crippen LogP contribution in [0.5, 0.6) is 0 Å². The molecule has 0 aromatic carbocycles. The van der Waals surface area contributed by atoms with Gasteiger partial charge < -0.3 is 10.8 Å². The van der Waals surface area contributed by atoms with Crippen LogP contribution in [0.3, 0.4) is 0 Å². The van der Waals surface area contributed by atoms with Crippen molar-refractivity contribution in [1.29, 1.82) is 0 Å². The second-order valence-electron chi connectivity index (χ2n) is 3.12. The fraction of sp³-hybridized carbons (Fsp3) is 0.429. The van der Waals surface area contributed by atoms with Crippen LogP contribution < -0.4 is 10.5 Å². The number of nitrogens with two attached hydrogens (primary N) is 1. The van der Waals surface area contributed by atoms with Gasteiger partial charge in [-0.2, -0.15) is 5.10 Å². The molecule has 1 unspecified atom stereocenters. The van der Waals surface area contributed by atoms with Gasteiger partial charge in [-0.15, -0.1) is 0 Å². The number of nitrogens with zero attached hydrogens (tertiary/aromatic N) is 2. The van der Waals surface area contributed by atoms with Crippen molar-refractivity contribution in [2.75, 3.05) is 6.54 Å². The first-order valence-electron chi connectivity index (χ1n) is 4.28. The molecular weight excluding hydrogens is 236 g/mol. The number of nitrogens with one attached hydrogen (secondary N) is 1. The Kier molecular flexibility index (Phi) is 3.62. The maximum atomic E-state index is 11.5. The van der Waals surface area contributed by atoms with Crippen LogP contribution in [-0.2, 0) is 21.9 Å². The lowest BCUT2D eigenvalue weighted by atomic mass is 10.3. The maximum absolute atomic E-state index is 11.5. The number of aliphatic hydroxyl groups excluding tert-OH is 1. The van der Waals surface area contributed by atoms with Crippen LogP contribution in [0.1, 0.15) is 0 Å². The van der Waals surface area contributed by atoms with Crippen LogP contribution in [0.4, 0.5) is 0 Å². The summed E-state index contributed by atoms with van der Waals surface area (Å²) >= 11 is 0. The highest BCUT2D eigenvalue weighted by Crippen LogP contribution is 2.05. The van der Waals surface area contributed by atoms with E-state index in [9.17, 15) is 13.2 Å². The van der Waals surface area contributed by atoms with Gasteiger partial charge in [-0.1, -0.05) is 0 Å². The fourth-order valence-corrected chi connectivity index (χ4v) is 1.93. The van der Waals surface area contributed by atoms with Crippen molar-refractivity contribution in [2.45, 2.75) is 11.0 Å². The van der Waals surface area contributed by atoms with Crippen molar-refractivity contribution < 1.29 is 18.3 Å². The smallest absolute Gasteiger partial charge is 0.247 e. The van der Waals surface area contributed by atoms with E-state index in [0.29, 0.717) is 0 Å². The maximum Gasteiger partial charge on any atom is 0.247 e. The molecule has 0 saturated carbocycles. The second kappa shape index (κ2) is 4.60. The number of aromatic nitrogens is 2. The zero-order valence-electron chi connectivity index (χ0n) is 8.49. The van der Waals surface area contributed by atoms with Crippen molar-refractivity contribution in [1.82, 2.24) is 14.5 Å². The molecule has 0 spiro atoms. The van der Waals surface area contributed by atoms with E-state index in [0.717, 1.165) is 6.20 Å². The lowest BCUT2D eigenvalue weighted by Gasteiger charge is -2.07. The molecule has 4 N–H and O–H groups in total. The van der Waals surface area contributed by atoms with Gasteiger partial charge in [-0.25, -0.2) is 13.1 Å². The summed E-state index contributed by atoms with van der Waals surface area (Å²) in [6.07, 6.45) is 0.893. The Labute approximate surface area is 92.1 Å². The third-order valence-electron chi connectivity index (χ3n) is 1.79. The summed E-state index contributed by atoms with van der Waals surface area (Å²) in [5.74, 6) is -0.992. The molecule has 0 radical (unpaired) electrons. The van der Waals surface area contributed by atoms with E-state index in [4.69, 9.17) is 10.8 Å².